The zero-order valence-corrected chi connectivity index (χ0v) is 13.6. The van der Waals surface area contributed by atoms with Gasteiger partial charge in [-0.2, -0.15) is 5.26 Å². The van der Waals surface area contributed by atoms with E-state index in [-0.39, 0.29) is 30.3 Å². The third-order valence-electron chi connectivity index (χ3n) is 3.58. The molecule has 4 nitrogen and oxygen atoms in total. The van der Waals surface area contributed by atoms with Gasteiger partial charge in [0.1, 0.15) is 17.6 Å². The molecule has 0 fully saturated rings. The summed E-state index contributed by atoms with van der Waals surface area (Å²) in [4.78, 5) is 12.2. The topological polar surface area (TPSA) is 62.1 Å². The Morgan fingerprint density at radius 1 is 1.21 bits per heavy atom. The molecule has 0 heterocycles. The molecule has 1 amide bonds. The van der Waals surface area contributed by atoms with Crippen molar-refractivity contribution in [3.05, 3.63) is 65.5 Å². The molecule has 0 unspecified atom stereocenters. The Morgan fingerprint density at radius 2 is 1.88 bits per heavy atom. The van der Waals surface area contributed by atoms with Crippen LogP contribution in [-0.4, -0.2) is 12.5 Å². The molecular formula is C19H19FN2O2. The second kappa shape index (κ2) is 8.11. The maximum absolute atomic E-state index is 13.1. The highest BCUT2D eigenvalue weighted by Crippen LogP contribution is 2.22. The van der Waals surface area contributed by atoms with Crippen molar-refractivity contribution in [1.82, 2.24) is 5.32 Å². The molecule has 124 valence electrons. The molecule has 1 atom stereocenters. The summed E-state index contributed by atoms with van der Waals surface area (Å²) in [6.45, 7) is 3.75. The minimum Gasteiger partial charge on any atom is -0.482 e. The highest BCUT2D eigenvalue weighted by molar-refractivity contribution is 5.78. The summed E-state index contributed by atoms with van der Waals surface area (Å²) in [5, 5.41) is 11.9. The Balaban J connectivity index is 2.01. The number of hydrogen-bond donors (Lipinski definition) is 1. The summed E-state index contributed by atoms with van der Waals surface area (Å²) >= 11 is 0. The Bertz CT molecular complexity index is 736. The van der Waals surface area contributed by atoms with Gasteiger partial charge in [0.2, 0.25) is 0 Å². The zero-order chi connectivity index (χ0) is 17.5. The van der Waals surface area contributed by atoms with Crippen LogP contribution < -0.4 is 10.1 Å². The summed E-state index contributed by atoms with van der Waals surface area (Å²) in [5.74, 6) is -0.112. The van der Waals surface area contributed by atoms with E-state index in [1.165, 1.54) is 12.1 Å². The molecule has 1 N–H and O–H groups in total. The van der Waals surface area contributed by atoms with Gasteiger partial charge in [-0.15, -0.1) is 0 Å². The lowest BCUT2D eigenvalue weighted by molar-refractivity contribution is -0.124. The van der Waals surface area contributed by atoms with Crippen molar-refractivity contribution in [3.8, 4) is 11.8 Å². The van der Waals surface area contributed by atoms with Crippen LogP contribution in [0.25, 0.3) is 0 Å². The number of ether oxygens (including phenoxy) is 1. The molecule has 2 aromatic rings. The van der Waals surface area contributed by atoms with Gasteiger partial charge in [-0.25, -0.2) is 4.39 Å². The summed E-state index contributed by atoms with van der Waals surface area (Å²) in [6, 6.07) is 14.6. The number of para-hydroxylation sites is 1. The standard InChI is InChI=1S/C19H19FN2O2/c1-13(2)19(14-7-9-16(20)10-8-14)22-18(23)12-24-17-6-4-3-5-15(17)11-21/h3-10,13,19H,12H2,1-2H3,(H,22,23)/t19-/m0/s1. The van der Waals surface area contributed by atoms with Crippen LogP contribution in [0.1, 0.15) is 31.0 Å². The van der Waals surface area contributed by atoms with Gasteiger partial charge in [0.05, 0.1) is 11.6 Å². The van der Waals surface area contributed by atoms with Crippen LogP contribution >= 0.6 is 0 Å². The highest BCUT2D eigenvalue weighted by Gasteiger charge is 2.19. The lowest BCUT2D eigenvalue weighted by Gasteiger charge is -2.23. The van der Waals surface area contributed by atoms with Gasteiger partial charge in [-0.1, -0.05) is 38.1 Å². The number of nitrogens with zero attached hydrogens (tertiary/aromatic N) is 1. The van der Waals surface area contributed by atoms with Crippen molar-refractivity contribution in [2.24, 2.45) is 5.92 Å². The van der Waals surface area contributed by atoms with Crippen LogP contribution in [0.3, 0.4) is 0 Å². The maximum atomic E-state index is 13.1. The van der Waals surface area contributed by atoms with Gasteiger partial charge < -0.3 is 10.1 Å². The van der Waals surface area contributed by atoms with Gasteiger partial charge in [-0.05, 0) is 35.7 Å². The normalized spacial score (nSPS) is 11.6. The predicted octanol–water partition coefficient (Wildman–Crippen LogP) is 3.59. The summed E-state index contributed by atoms with van der Waals surface area (Å²) in [6.07, 6.45) is 0. The first-order valence-corrected chi connectivity index (χ1v) is 7.68. The van der Waals surface area contributed by atoms with Gasteiger partial charge in [-0.3, -0.25) is 4.79 Å². The van der Waals surface area contributed by atoms with E-state index in [2.05, 4.69) is 5.32 Å². The first-order chi connectivity index (χ1) is 11.5. The number of nitriles is 1. The molecule has 2 rings (SSSR count). The van der Waals surface area contributed by atoms with Crippen LogP contribution in [0.2, 0.25) is 0 Å². The molecule has 0 spiro atoms. The smallest absolute Gasteiger partial charge is 0.258 e. The Hall–Kier alpha value is -2.87. The van der Waals surface area contributed by atoms with Crippen molar-refractivity contribution in [1.29, 1.82) is 5.26 Å². The third-order valence-corrected chi connectivity index (χ3v) is 3.58. The van der Waals surface area contributed by atoms with Crippen LogP contribution in [-0.2, 0) is 4.79 Å². The predicted molar refractivity (Wildman–Crippen MR) is 88.8 cm³/mol. The quantitative estimate of drug-likeness (QED) is 0.882. The van der Waals surface area contributed by atoms with Crippen molar-refractivity contribution < 1.29 is 13.9 Å². The van der Waals surface area contributed by atoms with E-state index in [0.717, 1.165) is 5.56 Å². The monoisotopic (exact) mass is 326 g/mol. The summed E-state index contributed by atoms with van der Waals surface area (Å²) < 4.78 is 18.5. The van der Waals surface area contributed by atoms with Crippen LogP contribution in [0, 0.1) is 23.1 Å². The Labute approximate surface area is 140 Å². The minimum absolute atomic E-state index is 0.130. The second-order valence-electron chi connectivity index (χ2n) is 5.74. The number of amides is 1. The van der Waals surface area contributed by atoms with E-state index in [1.54, 1.807) is 36.4 Å². The SMILES string of the molecule is CC(C)[C@H](NC(=O)COc1ccccc1C#N)c1ccc(F)cc1. The second-order valence-corrected chi connectivity index (χ2v) is 5.74. The molecule has 0 aromatic heterocycles. The zero-order valence-electron chi connectivity index (χ0n) is 13.6. The Morgan fingerprint density at radius 3 is 2.50 bits per heavy atom. The molecule has 0 bridgehead atoms. The number of nitrogens with one attached hydrogen (secondary N) is 1. The minimum atomic E-state index is -0.316. The molecule has 0 aliphatic heterocycles. The number of benzene rings is 2. The van der Waals surface area contributed by atoms with Gasteiger partial charge in [0, 0.05) is 0 Å². The molecule has 0 saturated heterocycles. The number of carbonyl (C=O) groups is 1. The van der Waals surface area contributed by atoms with E-state index in [1.807, 2.05) is 19.9 Å². The Kier molecular flexibility index (Phi) is 5.91. The van der Waals surface area contributed by atoms with Crippen LogP contribution in [0.4, 0.5) is 4.39 Å². The molecule has 0 aliphatic carbocycles. The van der Waals surface area contributed by atoms with Crippen LogP contribution in [0.15, 0.2) is 48.5 Å². The lowest BCUT2D eigenvalue weighted by Crippen LogP contribution is -2.35. The van der Waals surface area contributed by atoms with E-state index >= 15 is 0 Å². The summed E-state index contributed by atoms with van der Waals surface area (Å²) in [7, 11) is 0. The fourth-order valence-electron chi connectivity index (χ4n) is 2.35. The van der Waals surface area contributed by atoms with Gasteiger partial charge >= 0.3 is 0 Å². The van der Waals surface area contributed by atoms with Gasteiger partial charge in [0.25, 0.3) is 5.91 Å². The van der Waals surface area contributed by atoms with Crippen molar-refractivity contribution in [3.63, 3.8) is 0 Å². The van der Waals surface area contributed by atoms with Crippen molar-refractivity contribution in [2.75, 3.05) is 6.61 Å². The first kappa shape index (κ1) is 17.5. The lowest BCUT2D eigenvalue weighted by atomic mass is 9.96. The average molecular weight is 326 g/mol. The van der Waals surface area contributed by atoms with E-state index < -0.39 is 0 Å². The molecule has 5 heteroatoms. The van der Waals surface area contributed by atoms with E-state index in [0.29, 0.717) is 11.3 Å². The molecule has 0 aliphatic rings. The average Bonchev–Trinajstić information content (AvgIpc) is 2.58. The molecule has 24 heavy (non-hydrogen) atoms. The van der Waals surface area contributed by atoms with E-state index in [9.17, 15) is 9.18 Å². The molecule has 0 saturated carbocycles. The number of hydrogen-bond acceptors (Lipinski definition) is 3. The largest absolute Gasteiger partial charge is 0.482 e. The number of rotatable bonds is 6. The molecular weight excluding hydrogens is 307 g/mol. The molecule has 0 radical (unpaired) electrons. The number of halogens is 1. The summed E-state index contributed by atoms with van der Waals surface area (Å²) in [5.41, 5.74) is 1.21. The first-order valence-electron chi connectivity index (χ1n) is 7.68. The van der Waals surface area contributed by atoms with Crippen LogP contribution in [0.5, 0.6) is 5.75 Å². The molecule has 2 aromatic carbocycles. The van der Waals surface area contributed by atoms with Gasteiger partial charge in [0.15, 0.2) is 6.61 Å². The highest BCUT2D eigenvalue weighted by atomic mass is 19.1. The van der Waals surface area contributed by atoms with Crippen molar-refractivity contribution in [2.45, 2.75) is 19.9 Å². The van der Waals surface area contributed by atoms with E-state index in [4.69, 9.17) is 10.00 Å². The third kappa shape index (κ3) is 4.56. The fourth-order valence-corrected chi connectivity index (χ4v) is 2.35. The van der Waals surface area contributed by atoms with Crippen molar-refractivity contribution >= 4 is 5.91 Å². The maximum Gasteiger partial charge on any atom is 0.258 e. The number of carbonyl (C=O) groups excluding carboxylic acids is 1. The fraction of sp³-hybridized carbons (Fsp3) is 0.263.